The summed E-state index contributed by atoms with van der Waals surface area (Å²) >= 11 is 0. The predicted molar refractivity (Wildman–Crippen MR) is 57.1 cm³/mol. The van der Waals surface area contributed by atoms with Gasteiger partial charge in [0, 0.05) is 0 Å². The molecule has 0 unspecified atom stereocenters. The van der Waals surface area contributed by atoms with Gasteiger partial charge in [0.15, 0.2) is 11.5 Å². The Kier molecular flexibility index (Phi) is 3.32. The van der Waals surface area contributed by atoms with Gasteiger partial charge in [0.25, 0.3) is 0 Å². The number of para-hydroxylation sites is 1. The summed E-state index contributed by atoms with van der Waals surface area (Å²) in [5.41, 5.74) is -0.0515. The molecule has 0 saturated heterocycles. The van der Waals surface area contributed by atoms with Crippen LogP contribution in [0.25, 0.3) is 0 Å². The fourth-order valence-electron chi connectivity index (χ4n) is 1.93. The lowest BCUT2D eigenvalue weighted by molar-refractivity contribution is 0.210. The highest BCUT2D eigenvalue weighted by Gasteiger charge is 2.19. The van der Waals surface area contributed by atoms with Crippen molar-refractivity contribution in [2.45, 2.75) is 31.8 Å². The summed E-state index contributed by atoms with van der Waals surface area (Å²) in [4.78, 5) is 13.5. The van der Waals surface area contributed by atoms with Gasteiger partial charge < -0.3 is 4.74 Å². The van der Waals surface area contributed by atoms with E-state index in [1.807, 2.05) is 0 Å². The number of carbonyl (C=O) groups excluding carboxylic acids is 1. The van der Waals surface area contributed by atoms with E-state index < -0.39 is 5.82 Å². The summed E-state index contributed by atoms with van der Waals surface area (Å²) in [5, 5.41) is 0. The van der Waals surface area contributed by atoms with Gasteiger partial charge in [0.05, 0.1) is 6.10 Å². The van der Waals surface area contributed by atoms with Crippen LogP contribution in [0, 0.1) is 5.82 Å². The molecule has 0 aromatic heterocycles. The smallest absolute Gasteiger partial charge is 0.240 e. The predicted octanol–water partition coefficient (Wildman–Crippen LogP) is 3.11. The van der Waals surface area contributed by atoms with Gasteiger partial charge in [-0.2, -0.15) is 4.99 Å². The zero-order chi connectivity index (χ0) is 11.4. The largest absolute Gasteiger partial charge is 0.488 e. The molecule has 1 aliphatic rings. The summed E-state index contributed by atoms with van der Waals surface area (Å²) in [7, 11) is 0. The first-order valence-electron chi connectivity index (χ1n) is 5.34. The average molecular weight is 221 g/mol. The third-order valence-corrected chi connectivity index (χ3v) is 2.70. The van der Waals surface area contributed by atoms with Gasteiger partial charge in [-0.15, -0.1) is 0 Å². The topological polar surface area (TPSA) is 38.7 Å². The van der Waals surface area contributed by atoms with Crippen LogP contribution in [0.5, 0.6) is 5.75 Å². The van der Waals surface area contributed by atoms with Crippen molar-refractivity contribution >= 4 is 11.8 Å². The number of hydrogen-bond acceptors (Lipinski definition) is 3. The third kappa shape index (κ3) is 2.28. The Labute approximate surface area is 93.0 Å². The first kappa shape index (κ1) is 10.8. The minimum atomic E-state index is -0.557. The second kappa shape index (κ2) is 4.90. The van der Waals surface area contributed by atoms with Crippen LogP contribution in [0.2, 0.25) is 0 Å². The van der Waals surface area contributed by atoms with Crippen molar-refractivity contribution in [1.29, 1.82) is 0 Å². The molecule has 1 aromatic rings. The summed E-state index contributed by atoms with van der Waals surface area (Å²) in [5.74, 6) is -0.228. The van der Waals surface area contributed by atoms with E-state index in [0.717, 1.165) is 25.7 Å². The third-order valence-electron chi connectivity index (χ3n) is 2.70. The fourth-order valence-corrected chi connectivity index (χ4v) is 1.93. The Bertz CT molecular complexity index is 421. The molecule has 84 valence electrons. The van der Waals surface area contributed by atoms with Crippen LogP contribution in [-0.2, 0) is 4.79 Å². The lowest BCUT2D eigenvalue weighted by Gasteiger charge is -2.14. The van der Waals surface area contributed by atoms with Crippen LogP contribution in [0.1, 0.15) is 25.7 Å². The van der Waals surface area contributed by atoms with Crippen LogP contribution in [0.15, 0.2) is 23.2 Å². The number of nitrogens with zero attached hydrogens (tertiary/aromatic N) is 1. The van der Waals surface area contributed by atoms with Gasteiger partial charge in [-0.25, -0.2) is 9.18 Å². The number of rotatable bonds is 3. The molecule has 1 fully saturated rings. The molecular weight excluding hydrogens is 209 g/mol. The number of benzene rings is 1. The summed E-state index contributed by atoms with van der Waals surface area (Å²) in [6.07, 6.45) is 5.67. The van der Waals surface area contributed by atoms with Gasteiger partial charge >= 0.3 is 0 Å². The molecule has 0 atom stereocenters. The van der Waals surface area contributed by atoms with E-state index in [2.05, 4.69) is 4.99 Å². The van der Waals surface area contributed by atoms with Gasteiger partial charge in [-0.1, -0.05) is 6.07 Å². The van der Waals surface area contributed by atoms with Crippen LogP contribution in [0.3, 0.4) is 0 Å². The Morgan fingerprint density at radius 1 is 1.38 bits per heavy atom. The highest BCUT2D eigenvalue weighted by molar-refractivity contribution is 5.58. The first-order valence-corrected chi connectivity index (χ1v) is 5.34. The second-order valence-corrected chi connectivity index (χ2v) is 3.81. The van der Waals surface area contributed by atoms with Crippen LogP contribution in [0.4, 0.5) is 10.1 Å². The molecule has 0 spiro atoms. The lowest BCUT2D eigenvalue weighted by Crippen LogP contribution is -2.11. The standard InChI is InChI=1S/C12H12FNO2/c13-10-6-3-7-11(12(10)14-8-15)16-9-4-1-2-5-9/h3,6-7,9H,1-2,4-5H2. The van der Waals surface area contributed by atoms with Crippen LogP contribution < -0.4 is 4.74 Å². The van der Waals surface area contributed by atoms with E-state index in [0.29, 0.717) is 5.75 Å². The molecule has 1 aliphatic carbocycles. The fraction of sp³-hybridized carbons (Fsp3) is 0.417. The first-order chi connectivity index (χ1) is 7.81. The number of halogens is 1. The molecule has 16 heavy (non-hydrogen) atoms. The van der Waals surface area contributed by atoms with Crippen molar-refractivity contribution in [3.05, 3.63) is 24.0 Å². The normalized spacial score (nSPS) is 15.8. The minimum Gasteiger partial charge on any atom is -0.488 e. The van der Waals surface area contributed by atoms with E-state index >= 15 is 0 Å². The maximum atomic E-state index is 13.4. The monoisotopic (exact) mass is 221 g/mol. The SMILES string of the molecule is O=C=Nc1c(F)cccc1OC1CCCC1. The molecule has 3 nitrogen and oxygen atoms in total. The van der Waals surface area contributed by atoms with Gasteiger partial charge in [-0.05, 0) is 37.8 Å². The maximum Gasteiger partial charge on any atom is 0.240 e. The number of aliphatic imine (C=N–C) groups is 1. The quantitative estimate of drug-likeness (QED) is 0.581. The molecule has 0 bridgehead atoms. The van der Waals surface area contributed by atoms with Crippen molar-refractivity contribution in [2.24, 2.45) is 4.99 Å². The summed E-state index contributed by atoms with van der Waals surface area (Å²) in [6.45, 7) is 0. The summed E-state index contributed by atoms with van der Waals surface area (Å²) < 4.78 is 19.0. The molecule has 1 saturated carbocycles. The Morgan fingerprint density at radius 3 is 2.81 bits per heavy atom. The zero-order valence-corrected chi connectivity index (χ0v) is 8.78. The van der Waals surface area contributed by atoms with E-state index in [4.69, 9.17) is 4.74 Å². The van der Waals surface area contributed by atoms with Gasteiger partial charge in [-0.3, -0.25) is 0 Å². The van der Waals surface area contributed by atoms with Crippen molar-refractivity contribution < 1.29 is 13.9 Å². The number of isocyanates is 1. The van der Waals surface area contributed by atoms with E-state index in [9.17, 15) is 9.18 Å². The van der Waals surface area contributed by atoms with Crippen molar-refractivity contribution in [1.82, 2.24) is 0 Å². The van der Waals surface area contributed by atoms with Crippen LogP contribution in [-0.4, -0.2) is 12.2 Å². The summed E-state index contributed by atoms with van der Waals surface area (Å²) in [6, 6.07) is 4.42. The molecule has 0 heterocycles. The Hall–Kier alpha value is -1.67. The second-order valence-electron chi connectivity index (χ2n) is 3.81. The number of hydrogen-bond donors (Lipinski definition) is 0. The zero-order valence-electron chi connectivity index (χ0n) is 8.78. The molecule has 0 amide bonds. The van der Waals surface area contributed by atoms with Crippen molar-refractivity contribution in [2.75, 3.05) is 0 Å². The molecule has 0 radical (unpaired) electrons. The highest BCUT2D eigenvalue weighted by Crippen LogP contribution is 2.33. The molecule has 0 N–H and O–H groups in total. The highest BCUT2D eigenvalue weighted by atomic mass is 19.1. The van der Waals surface area contributed by atoms with Crippen molar-refractivity contribution in [3.63, 3.8) is 0 Å². The van der Waals surface area contributed by atoms with Crippen LogP contribution >= 0.6 is 0 Å². The Balaban J connectivity index is 2.24. The van der Waals surface area contributed by atoms with Gasteiger partial charge in [0.1, 0.15) is 5.75 Å². The molecule has 2 rings (SSSR count). The lowest BCUT2D eigenvalue weighted by atomic mass is 10.2. The number of ether oxygens (including phenoxy) is 1. The van der Waals surface area contributed by atoms with E-state index in [1.54, 1.807) is 12.1 Å². The molecule has 1 aromatic carbocycles. The van der Waals surface area contributed by atoms with E-state index in [-0.39, 0.29) is 11.8 Å². The molecule has 0 aliphatic heterocycles. The average Bonchev–Trinajstić information content (AvgIpc) is 2.76. The molecular formula is C12H12FNO2. The van der Waals surface area contributed by atoms with Gasteiger partial charge in [0.2, 0.25) is 6.08 Å². The minimum absolute atomic E-state index is 0.0515. The Morgan fingerprint density at radius 2 is 2.12 bits per heavy atom. The maximum absolute atomic E-state index is 13.4. The van der Waals surface area contributed by atoms with Crippen molar-refractivity contribution in [3.8, 4) is 5.75 Å². The van der Waals surface area contributed by atoms with E-state index in [1.165, 1.54) is 12.1 Å². The molecule has 4 heteroatoms.